The molecule has 1 atom stereocenters. The lowest BCUT2D eigenvalue weighted by atomic mass is 9.94. The summed E-state index contributed by atoms with van der Waals surface area (Å²) in [7, 11) is 5.37. The van der Waals surface area contributed by atoms with Gasteiger partial charge in [0, 0.05) is 23.0 Å². The number of benzene rings is 3. The first-order valence-corrected chi connectivity index (χ1v) is 13.2. The number of carbonyl (C=O) groups excluding carboxylic acids is 2. The van der Waals surface area contributed by atoms with E-state index in [-0.39, 0.29) is 11.3 Å². The number of rotatable bonds is 10. The quantitative estimate of drug-likeness (QED) is 0.224. The van der Waals surface area contributed by atoms with Crippen molar-refractivity contribution >= 4 is 34.3 Å². The Bertz CT molecular complexity index is 1590. The molecule has 40 heavy (non-hydrogen) atoms. The normalized spacial score (nSPS) is 15.4. The van der Waals surface area contributed by atoms with Crippen LogP contribution in [0.25, 0.3) is 11.0 Å². The smallest absolute Gasteiger partial charge is 0.290 e. The molecule has 4 aromatic rings. The van der Waals surface area contributed by atoms with E-state index in [0.717, 1.165) is 6.54 Å². The fraction of sp³-hybridized carbons (Fsp3) is 0.226. The van der Waals surface area contributed by atoms with Crippen molar-refractivity contribution in [3.8, 4) is 17.2 Å². The van der Waals surface area contributed by atoms with Crippen LogP contribution in [0.15, 0.2) is 88.5 Å². The van der Waals surface area contributed by atoms with Crippen LogP contribution in [0.1, 0.15) is 28.6 Å². The maximum atomic E-state index is 13.9. The molecule has 1 amide bonds. The van der Waals surface area contributed by atoms with Crippen LogP contribution in [0.4, 0.5) is 0 Å². The van der Waals surface area contributed by atoms with E-state index >= 15 is 0 Å². The van der Waals surface area contributed by atoms with Gasteiger partial charge in [-0.3, -0.25) is 9.59 Å². The van der Waals surface area contributed by atoms with Crippen molar-refractivity contribution in [3.63, 3.8) is 0 Å². The minimum atomic E-state index is -0.847. The van der Waals surface area contributed by atoms with E-state index < -0.39 is 23.5 Å². The number of halogens is 1. The molecule has 0 saturated heterocycles. The first kappa shape index (κ1) is 27.3. The lowest BCUT2D eigenvalue weighted by Crippen LogP contribution is -2.33. The Morgan fingerprint density at radius 2 is 1.80 bits per heavy atom. The molecule has 0 saturated carbocycles. The summed E-state index contributed by atoms with van der Waals surface area (Å²) in [6, 6.07) is 20.4. The van der Waals surface area contributed by atoms with E-state index in [4.69, 9.17) is 25.5 Å². The third-order valence-corrected chi connectivity index (χ3v) is 6.91. The highest BCUT2D eigenvalue weighted by atomic mass is 35.5. The molecule has 1 unspecified atom stereocenters. The predicted octanol–water partition coefficient (Wildman–Crippen LogP) is 6.42. The van der Waals surface area contributed by atoms with Gasteiger partial charge < -0.3 is 28.8 Å². The number of aliphatic hydroxyl groups is 1. The zero-order valence-electron chi connectivity index (χ0n) is 22.4. The average molecular weight is 561 g/mol. The van der Waals surface area contributed by atoms with Crippen molar-refractivity contribution in [3.05, 3.63) is 100 Å². The van der Waals surface area contributed by atoms with Gasteiger partial charge in [0.2, 0.25) is 5.78 Å². The van der Waals surface area contributed by atoms with E-state index in [0.29, 0.717) is 51.8 Å². The summed E-state index contributed by atoms with van der Waals surface area (Å²) in [5.41, 5.74) is 0.906. The molecule has 1 aliphatic rings. The van der Waals surface area contributed by atoms with Crippen LogP contribution in [0.5, 0.6) is 17.2 Å². The van der Waals surface area contributed by atoms with Crippen molar-refractivity contribution in [1.29, 1.82) is 0 Å². The molecule has 8 nitrogen and oxygen atoms in total. The summed E-state index contributed by atoms with van der Waals surface area (Å²) < 4.78 is 17.3. The molecule has 0 spiro atoms. The van der Waals surface area contributed by atoms with Crippen LogP contribution in [-0.2, 0) is 4.79 Å². The lowest BCUT2D eigenvalue weighted by Gasteiger charge is -2.27. The van der Waals surface area contributed by atoms with Crippen LogP contribution in [0, 0.1) is 0 Å². The molecular weight excluding hydrogens is 532 g/mol. The maximum Gasteiger partial charge on any atom is 0.290 e. The van der Waals surface area contributed by atoms with Crippen molar-refractivity contribution in [2.24, 2.45) is 0 Å². The first-order valence-electron chi connectivity index (χ1n) is 12.8. The number of fused-ring (bicyclic) bond motifs is 1. The molecule has 0 bridgehead atoms. The van der Waals surface area contributed by atoms with Crippen LogP contribution >= 0.6 is 11.6 Å². The van der Waals surface area contributed by atoms with Gasteiger partial charge in [-0.1, -0.05) is 41.9 Å². The highest BCUT2D eigenvalue weighted by molar-refractivity contribution is 6.31. The predicted molar refractivity (Wildman–Crippen MR) is 152 cm³/mol. The molecule has 1 aliphatic heterocycles. The van der Waals surface area contributed by atoms with Gasteiger partial charge in [-0.25, -0.2) is 0 Å². The van der Waals surface area contributed by atoms with Crippen LogP contribution in [-0.4, -0.2) is 60.9 Å². The molecule has 3 aromatic carbocycles. The summed E-state index contributed by atoms with van der Waals surface area (Å²) in [5.74, 6) is -0.301. The minimum Gasteiger partial charge on any atom is -0.503 e. The number of Topliss-reactive ketones (excluding diaryl/α,β-unsaturated/α-hetero) is 1. The molecule has 0 aliphatic carbocycles. The van der Waals surface area contributed by atoms with Gasteiger partial charge in [-0.15, -0.1) is 0 Å². The second-order valence-electron chi connectivity index (χ2n) is 9.77. The summed E-state index contributed by atoms with van der Waals surface area (Å²) in [6.45, 7) is 1.05. The number of nitrogens with zero attached hydrogens (tertiary/aromatic N) is 2. The molecule has 5 rings (SSSR count). The highest BCUT2D eigenvalue weighted by Crippen LogP contribution is 2.41. The third kappa shape index (κ3) is 5.41. The van der Waals surface area contributed by atoms with Crippen LogP contribution < -0.4 is 9.47 Å². The zero-order chi connectivity index (χ0) is 28.4. The number of hydrogen-bond acceptors (Lipinski definition) is 7. The second kappa shape index (κ2) is 11.5. The molecule has 2 heterocycles. The van der Waals surface area contributed by atoms with Gasteiger partial charge in [0.15, 0.2) is 22.9 Å². The summed E-state index contributed by atoms with van der Waals surface area (Å²) in [5, 5.41) is 12.0. The first-order chi connectivity index (χ1) is 19.3. The largest absolute Gasteiger partial charge is 0.503 e. The number of carbonyl (C=O) groups is 2. The van der Waals surface area contributed by atoms with Gasteiger partial charge in [-0.05, 0) is 69.0 Å². The van der Waals surface area contributed by atoms with Gasteiger partial charge in [0.25, 0.3) is 5.91 Å². The Morgan fingerprint density at radius 3 is 2.52 bits per heavy atom. The fourth-order valence-corrected chi connectivity index (χ4v) is 5.09. The Kier molecular flexibility index (Phi) is 7.82. The second-order valence-corrected chi connectivity index (χ2v) is 10.2. The molecular formula is C31H29ClN2O6. The van der Waals surface area contributed by atoms with Crippen LogP contribution in [0.3, 0.4) is 0 Å². The monoisotopic (exact) mass is 560 g/mol. The van der Waals surface area contributed by atoms with E-state index in [1.54, 1.807) is 30.3 Å². The Morgan fingerprint density at radius 1 is 1.05 bits per heavy atom. The molecule has 1 aromatic heterocycles. The number of furan rings is 1. The number of hydrogen-bond donors (Lipinski definition) is 1. The summed E-state index contributed by atoms with van der Waals surface area (Å²) in [6.07, 6.45) is 0.643. The molecule has 0 fully saturated rings. The van der Waals surface area contributed by atoms with Gasteiger partial charge in [-0.2, -0.15) is 0 Å². The van der Waals surface area contributed by atoms with Gasteiger partial charge >= 0.3 is 0 Å². The topological polar surface area (TPSA) is 92.5 Å². The van der Waals surface area contributed by atoms with Gasteiger partial charge in [0.1, 0.15) is 11.5 Å². The molecule has 206 valence electrons. The molecule has 0 radical (unpaired) electrons. The third-order valence-electron chi connectivity index (χ3n) is 6.70. The zero-order valence-corrected chi connectivity index (χ0v) is 23.1. The lowest BCUT2D eigenvalue weighted by molar-refractivity contribution is -0.129. The van der Waals surface area contributed by atoms with E-state index in [2.05, 4.69) is 0 Å². The summed E-state index contributed by atoms with van der Waals surface area (Å²) >= 11 is 6.20. The number of para-hydroxylation sites is 1. The molecule has 9 heteroatoms. The van der Waals surface area contributed by atoms with E-state index in [9.17, 15) is 14.7 Å². The number of methoxy groups -OCH3 is 1. The number of amides is 1. The van der Waals surface area contributed by atoms with Crippen LogP contribution in [0.2, 0.25) is 5.02 Å². The number of ether oxygens (including phenoxy) is 2. The Hall–Kier alpha value is -4.27. The number of aliphatic hydroxyl groups excluding tert-OH is 1. The minimum absolute atomic E-state index is 0.0400. The Balaban J connectivity index is 1.56. The van der Waals surface area contributed by atoms with Crippen molar-refractivity contribution in [2.45, 2.75) is 12.5 Å². The van der Waals surface area contributed by atoms with Gasteiger partial charge in [0.05, 0.1) is 18.7 Å². The van der Waals surface area contributed by atoms with E-state index in [1.807, 2.05) is 55.4 Å². The highest BCUT2D eigenvalue weighted by Gasteiger charge is 2.44. The Labute approximate surface area is 237 Å². The standard InChI is InChI=1S/C31H29ClN2O6/c1-33(2)13-8-14-34-27(19-9-7-12-23(16-19)39-22-10-5-4-6-11-22)26(29(36)31(34)37)28(35)24-17-20-15-21(32)18-25(38-3)30(20)40-24/h4-7,9-12,15-18,27,36H,8,13-14H2,1-3H3. The summed E-state index contributed by atoms with van der Waals surface area (Å²) in [4.78, 5) is 30.8. The van der Waals surface area contributed by atoms with Crippen molar-refractivity contribution in [2.75, 3.05) is 34.3 Å². The fourth-order valence-electron chi connectivity index (χ4n) is 4.87. The van der Waals surface area contributed by atoms with Crippen molar-refractivity contribution < 1.29 is 28.6 Å². The van der Waals surface area contributed by atoms with Crippen molar-refractivity contribution in [1.82, 2.24) is 9.80 Å². The molecule has 1 N–H and O–H groups in total. The average Bonchev–Trinajstić information content (AvgIpc) is 3.47. The van der Waals surface area contributed by atoms with E-state index in [1.165, 1.54) is 18.1 Å². The SMILES string of the molecule is COc1cc(Cl)cc2cc(C(=O)C3=C(O)C(=O)N(CCCN(C)C)C3c3cccc(Oc4ccccc4)c3)oc12. The maximum absolute atomic E-state index is 13.9. The number of ketones is 1.